The van der Waals surface area contributed by atoms with Crippen LogP contribution in [0.15, 0.2) is 78.2 Å². The zero-order chi connectivity index (χ0) is 20.8. The van der Waals surface area contributed by atoms with E-state index in [0.717, 1.165) is 5.56 Å². The molecule has 144 valence electrons. The number of fused-ring (bicyclic) bond motifs is 2. The number of carbonyl (C=O) groups excluding carboxylic acids is 2. The van der Waals surface area contributed by atoms with Crippen molar-refractivity contribution in [2.24, 2.45) is 0 Å². The Morgan fingerprint density at radius 1 is 0.933 bits per heavy atom. The summed E-state index contributed by atoms with van der Waals surface area (Å²) < 4.78 is 6.01. The van der Waals surface area contributed by atoms with Crippen molar-refractivity contribution in [3.05, 3.63) is 105 Å². The lowest BCUT2D eigenvalue weighted by atomic mass is 9.90. The van der Waals surface area contributed by atoms with Gasteiger partial charge in [0, 0.05) is 27.4 Å². The van der Waals surface area contributed by atoms with Crippen LogP contribution < -0.4 is 9.64 Å². The van der Waals surface area contributed by atoms with Crippen LogP contribution in [0.3, 0.4) is 0 Å². The molecule has 0 N–H and O–H groups in total. The number of nitrogens with zero attached hydrogens (tertiary/aromatic N) is 2. The molecule has 2 aliphatic rings. The van der Waals surface area contributed by atoms with Gasteiger partial charge in [-0.1, -0.05) is 35.9 Å². The summed E-state index contributed by atoms with van der Waals surface area (Å²) in [6.07, 6.45) is 0. The minimum atomic E-state index is -0.346. The fraction of sp³-hybridized carbons (Fsp3) is 0.0417. The summed E-state index contributed by atoms with van der Waals surface area (Å²) in [6.45, 7) is 0.280. The standard InChI is InChI=1S/C24H13ClN2O3/c25-16-7-10-20-15(11-16)13-27(17-8-5-14(12-26)6-9-17)21-22(28)18-3-1-2-4-19(18)23(29)24(21)30-20/h1-11H,13H2. The molecule has 0 bridgehead atoms. The summed E-state index contributed by atoms with van der Waals surface area (Å²) in [4.78, 5) is 28.5. The van der Waals surface area contributed by atoms with Gasteiger partial charge in [-0.05, 0) is 42.5 Å². The molecule has 1 aliphatic carbocycles. The van der Waals surface area contributed by atoms with Gasteiger partial charge in [0.1, 0.15) is 11.4 Å². The summed E-state index contributed by atoms with van der Waals surface area (Å²) in [6, 6.07) is 20.8. The number of Topliss-reactive ketones (excluding diaryl/α,β-unsaturated/α-hetero) is 2. The van der Waals surface area contributed by atoms with E-state index < -0.39 is 0 Å². The molecule has 0 amide bonds. The van der Waals surface area contributed by atoms with Gasteiger partial charge in [0.2, 0.25) is 17.3 Å². The second-order valence-corrected chi connectivity index (χ2v) is 7.42. The van der Waals surface area contributed by atoms with E-state index in [4.69, 9.17) is 21.6 Å². The van der Waals surface area contributed by atoms with E-state index in [0.29, 0.717) is 33.1 Å². The van der Waals surface area contributed by atoms with E-state index in [1.165, 1.54) is 0 Å². The number of ether oxygens (including phenoxy) is 1. The van der Waals surface area contributed by atoms with Gasteiger partial charge >= 0.3 is 0 Å². The summed E-state index contributed by atoms with van der Waals surface area (Å²) in [5, 5.41) is 9.64. The molecule has 30 heavy (non-hydrogen) atoms. The maximum atomic E-state index is 13.5. The monoisotopic (exact) mass is 412 g/mol. The van der Waals surface area contributed by atoms with E-state index in [2.05, 4.69) is 6.07 Å². The predicted molar refractivity (Wildman–Crippen MR) is 112 cm³/mol. The molecule has 0 atom stereocenters. The van der Waals surface area contributed by atoms with E-state index >= 15 is 0 Å². The average molecular weight is 413 g/mol. The molecule has 1 heterocycles. The second kappa shape index (κ2) is 6.87. The van der Waals surface area contributed by atoms with Gasteiger partial charge in [-0.2, -0.15) is 5.26 Å². The third-order valence-electron chi connectivity index (χ3n) is 5.19. The molecular formula is C24H13ClN2O3. The summed E-state index contributed by atoms with van der Waals surface area (Å²) >= 11 is 6.19. The van der Waals surface area contributed by atoms with Crippen LogP contribution in [0.4, 0.5) is 5.69 Å². The van der Waals surface area contributed by atoms with Crippen LogP contribution in [-0.4, -0.2) is 11.6 Å². The Balaban J connectivity index is 1.74. The van der Waals surface area contributed by atoms with Crippen LogP contribution in [0.25, 0.3) is 0 Å². The Morgan fingerprint density at radius 2 is 1.63 bits per heavy atom. The van der Waals surface area contributed by atoms with Gasteiger partial charge in [0.25, 0.3) is 0 Å². The highest BCUT2D eigenvalue weighted by molar-refractivity contribution is 6.30. The van der Waals surface area contributed by atoms with Crippen LogP contribution in [0.2, 0.25) is 5.02 Å². The van der Waals surface area contributed by atoms with Gasteiger partial charge in [-0.25, -0.2) is 0 Å². The lowest BCUT2D eigenvalue weighted by Gasteiger charge is -2.28. The van der Waals surface area contributed by atoms with E-state index in [1.54, 1.807) is 71.6 Å². The van der Waals surface area contributed by atoms with Crippen LogP contribution in [0.1, 0.15) is 31.8 Å². The minimum absolute atomic E-state index is 0.0101. The highest BCUT2D eigenvalue weighted by Crippen LogP contribution is 2.39. The van der Waals surface area contributed by atoms with Crippen molar-refractivity contribution in [2.45, 2.75) is 6.54 Å². The van der Waals surface area contributed by atoms with Crippen molar-refractivity contribution >= 4 is 28.9 Å². The Hall–Kier alpha value is -3.88. The van der Waals surface area contributed by atoms with E-state index in [-0.39, 0.29) is 29.6 Å². The summed E-state index contributed by atoms with van der Waals surface area (Å²) in [7, 11) is 0. The predicted octanol–water partition coefficient (Wildman–Crippen LogP) is 4.90. The molecule has 0 saturated carbocycles. The Labute approximate surface area is 177 Å². The molecule has 0 aromatic heterocycles. The average Bonchev–Trinajstić information content (AvgIpc) is 2.94. The summed E-state index contributed by atoms with van der Waals surface area (Å²) in [5.41, 5.74) is 2.74. The van der Waals surface area contributed by atoms with Crippen LogP contribution in [0, 0.1) is 11.3 Å². The number of nitriles is 1. The van der Waals surface area contributed by atoms with Crippen molar-refractivity contribution in [1.29, 1.82) is 5.26 Å². The normalized spacial score (nSPS) is 14.9. The number of halogens is 1. The molecule has 0 spiro atoms. The highest BCUT2D eigenvalue weighted by atomic mass is 35.5. The summed E-state index contributed by atoms with van der Waals surface area (Å²) in [5.74, 6) is -0.169. The number of ketones is 2. The van der Waals surface area contributed by atoms with Gasteiger partial charge in [-0.3, -0.25) is 9.59 Å². The fourth-order valence-electron chi connectivity index (χ4n) is 3.75. The lowest BCUT2D eigenvalue weighted by molar-refractivity contribution is 0.0936. The largest absolute Gasteiger partial charge is 0.450 e. The molecule has 0 unspecified atom stereocenters. The highest BCUT2D eigenvalue weighted by Gasteiger charge is 2.39. The van der Waals surface area contributed by atoms with Gasteiger partial charge in [-0.15, -0.1) is 0 Å². The molecule has 0 radical (unpaired) electrons. The first-order valence-electron chi connectivity index (χ1n) is 9.23. The SMILES string of the molecule is N#Cc1ccc(N2Cc3cc(Cl)ccc3OC3=C2C(=O)c2ccccc2C3=O)cc1. The second-order valence-electron chi connectivity index (χ2n) is 6.98. The molecule has 0 saturated heterocycles. The number of benzene rings is 3. The van der Waals surface area contributed by atoms with E-state index in [1.807, 2.05) is 0 Å². The van der Waals surface area contributed by atoms with Crippen LogP contribution in [-0.2, 0) is 6.54 Å². The van der Waals surface area contributed by atoms with Crippen molar-refractivity contribution < 1.29 is 14.3 Å². The maximum Gasteiger partial charge on any atom is 0.231 e. The van der Waals surface area contributed by atoms with Crippen molar-refractivity contribution in [1.82, 2.24) is 0 Å². The molecule has 3 aromatic rings. The topological polar surface area (TPSA) is 70.4 Å². The van der Waals surface area contributed by atoms with Crippen LogP contribution >= 0.6 is 11.6 Å². The minimum Gasteiger partial charge on any atom is -0.450 e. The van der Waals surface area contributed by atoms with Gasteiger partial charge < -0.3 is 9.64 Å². The molecule has 1 aliphatic heterocycles. The Bertz CT molecular complexity index is 1300. The third kappa shape index (κ3) is 2.78. The molecular weight excluding hydrogens is 400 g/mol. The Kier molecular flexibility index (Phi) is 4.16. The van der Waals surface area contributed by atoms with Crippen molar-refractivity contribution in [3.8, 4) is 11.8 Å². The van der Waals surface area contributed by atoms with E-state index in [9.17, 15) is 9.59 Å². The van der Waals surface area contributed by atoms with Gasteiger partial charge in [0.15, 0.2) is 0 Å². The zero-order valence-electron chi connectivity index (χ0n) is 15.6. The number of hydrogen-bond donors (Lipinski definition) is 0. The number of anilines is 1. The van der Waals surface area contributed by atoms with Crippen LogP contribution in [0.5, 0.6) is 5.75 Å². The number of carbonyl (C=O) groups is 2. The number of rotatable bonds is 1. The molecule has 0 fully saturated rings. The number of hydrogen-bond acceptors (Lipinski definition) is 5. The zero-order valence-corrected chi connectivity index (χ0v) is 16.3. The first kappa shape index (κ1) is 18.2. The van der Waals surface area contributed by atoms with Crippen molar-refractivity contribution in [3.63, 3.8) is 0 Å². The fourth-order valence-corrected chi connectivity index (χ4v) is 3.94. The maximum absolute atomic E-state index is 13.5. The Morgan fingerprint density at radius 3 is 2.33 bits per heavy atom. The quantitative estimate of drug-likeness (QED) is 0.568. The number of allylic oxidation sites excluding steroid dienone is 2. The molecule has 3 aromatic carbocycles. The van der Waals surface area contributed by atoms with Gasteiger partial charge in [0.05, 0.1) is 18.2 Å². The lowest BCUT2D eigenvalue weighted by Crippen LogP contribution is -2.34. The third-order valence-corrected chi connectivity index (χ3v) is 5.43. The molecule has 5 nitrogen and oxygen atoms in total. The molecule has 6 heteroatoms. The first-order chi connectivity index (χ1) is 14.6. The first-order valence-corrected chi connectivity index (χ1v) is 9.61. The molecule has 5 rings (SSSR count). The van der Waals surface area contributed by atoms with Crippen molar-refractivity contribution in [2.75, 3.05) is 4.90 Å². The smallest absolute Gasteiger partial charge is 0.231 e.